The summed E-state index contributed by atoms with van der Waals surface area (Å²) in [7, 11) is -1.84. The van der Waals surface area contributed by atoms with E-state index < -0.39 is 8.32 Å². The lowest BCUT2D eigenvalue weighted by Gasteiger charge is -2.41. The van der Waals surface area contributed by atoms with Crippen molar-refractivity contribution in [1.82, 2.24) is 0 Å². The van der Waals surface area contributed by atoms with Crippen LogP contribution >= 0.6 is 0 Å². The van der Waals surface area contributed by atoms with Crippen LogP contribution in [0.5, 0.6) is 0 Å². The van der Waals surface area contributed by atoms with Crippen molar-refractivity contribution in [3.05, 3.63) is 46.7 Å². The number of rotatable bonds is 12. The Morgan fingerprint density at radius 3 is 1.47 bits per heavy atom. The zero-order valence-corrected chi connectivity index (χ0v) is 24.4. The lowest BCUT2D eigenvalue weighted by atomic mass is 9.82. The highest BCUT2D eigenvalue weighted by atomic mass is 28.4. The summed E-state index contributed by atoms with van der Waals surface area (Å²) in [6.45, 7) is 30.5. The third-order valence-electron chi connectivity index (χ3n) is 7.10. The molecule has 2 nitrogen and oxygen atoms in total. The molecule has 184 valence electrons. The first-order valence-electron chi connectivity index (χ1n) is 12.9. The van der Waals surface area contributed by atoms with E-state index in [0.29, 0.717) is 41.0 Å². The fourth-order valence-corrected chi connectivity index (χ4v) is 10.8. The van der Waals surface area contributed by atoms with E-state index >= 15 is 0 Å². The molecular weight excluding hydrogens is 408 g/mol. The van der Waals surface area contributed by atoms with Gasteiger partial charge in [-0.05, 0) is 69.6 Å². The van der Waals surface area contributed by atoms with Crippen molar-refractivity contribution in [3.8, 4) is 0 Å². The van der Waals surface area contributed by atoms with Crippen molar-refractivity contribution in [2.45, 2.75) is 130 Å². The van der Waals surface area contributed by atoms with Gasteiger partial charge in [0.1, 0.15) is 6.10 Å². The molecule has 1 rings (SSSR count). The Bertz CT molecular complexity index is 678. The van der Waals surface area contributed by atoms with E-state index in [4.69, 9.17) is 9.16 Å². The normalized spacial score (nSPS) is 14.2. The van der Waals surface area contributed by atoms with Gasteiger partial charge >= 0.3 is 0 Å². The standard InChI is InChI=1S/C29H52O2Si/c1-19(2)26-17-27(20(3)4)29(28(18-26)21(5)6)25(13)30-15-14-16-31-32(22(7)8,23(9)10)24(11)12/h14-15,17-25H,16H2,1-13H3/b15-14+/t25-/m1/s1. The highest BCUT2D eigenvalue weighted by Gasteiger charge is 2.44. The quantitative estimate of drug-likeness (QED) is 0.228. The molecule has 1 aromatic carbocycles. The van der Waals surface area contributed by atoms with Crippen LogP contribution in [0.2, 0.25) is 16.6 Å². The fraction of sp³-hybridized carbons (Fsp3) is 0.724. The molecule has 0 amide bonds. The van der Waals surface area contributed by atoms with Crippen LogP contribution in [-0.2, 0) is 9.16 Å². The Hall–Kier alpha value is -1.06. The predicted octanol–water partition coefficient (Wildman–Crippen LogP) is 9.84. The summed E-state index contributed by atoms with van der Waals surface area (Å²) in [5.74, 6) is 1.46. The Labute approximate surface area is 201 Å². The SMILES string of the molecule is CC(C)c1cc(C(C)C)c([C@@H](C)O/C=C/CO[Si](C(C)C)(C(C)C)C(C)C)c(C(C)C)c1. The molecule has 0 unspecified atom stereocenters. The van der Waals surface area contributed by atoms with E-state index in [-0.39, 0.29) is 6.10 Å². The summed E-state index contributed by atoms with van der Waals surface area (Å²) in [6, 6.07) is 4.80. The Kier molecular flexibility index (Phi) is 11.2. The smallest absolute Gasteiger partial charge is 0.200 e. The van der Waals surface area contributed by atoms with Gasteiger partial charge < -0.3 is 9.16 Å². The molecule has 0 saturated heterocycles. The first-order chi connectivity index (χ1) is 14.8. The van der Waals surface area contributed by atoms with Gasteiger partial charge in [-0.25, -0.2) is 0 Å². The van der Waals surface area contributed by atoms with Crippen molar-refractivity contribution in [2.24, 2.45) is 0 Å². The maximum absolute atomic E-state index is 6.64. The van der Waals surface area contributed by atoms with Gasteiger partial charge in [0, 0.05) is 0 Å². The monoisotopic (exact) mass is 460 g/mol. The van der Waals surface area contributed by atoms with Gasteiger partial charge in [-0.3, -0.25) is 0 Å². The number of benzene rings is 1. The van der Waals surface area contributed by atoms with Crippen molar-refractivity contribution in [3.63, 3.8) is 0 Å². The number of hydrogen-bond donors (Lipinski definition) is 0. The lowest BCUT2D eigenvalue weighted by Crippen LogP contribution is -2.47. The molecule has 3 heteroatoms. The molecule has 32 heavy (non-hydrogen) atoms. The molecule has 0 saturated carbocycles. The molecule has 0 aliphatic heterocycles. The second-order valence-electron chi connectivity index (χ2n) is 11.4. The first-order valence-corrected chi connectivity index (χ1v) is 15.0. The van der Waals surface area contributed by atoms with Gasteiger partial charge in [0.25, 0.3) is 0 Å². The van der Waals surface area contributed by atoms with Crippen molar-refractivity contribution in [2.75, 3.05) is 6.61 Å². The molecule has 0 bridgehead atoms. The van der Waals surface area contributed by atoms with Crippen LogP contribution in [0.4, 0.5) is 0 Å². The zero-order valence-electron chi connectivity index (χ0n) is 23.4. The van der Waals surface area contributed by atoms with E-state index in [1.54, 1.807) is 0 Å². The molecule has 0 heterocycles. The van der Waals surface area contributed by atoms with Crippen molar-refractivity contribution >= 4 is 8.32 Å². The van der Waals surface area contributed by atoms with Gasteiger partial charge in [-0.15, -0.1) is 0 Å². The van der Waals surface area contributed by atoms with Gasteiger partial charge in [0.15, 0.2) is 0 Å². The Balaban J connectivity index is 3.08. The van der Waals surface area contributed by atoms with Crippen molar-refractivity contribution < 1.29 is 9.16 Å². The van der Waals surface area contributed by atoms with Gasteiger partial charge in [-0.1, -0.05) is 95.2 Å². The minimum absolute atomic E-state index is 0.0181. The fourth-order valence-electron chi connectivity index (χ4n) is 5.45. The molecule has 0 radical (unpaired) electrons. The van der Waals surface area contributed by atoms with E-state index in [0.717, 1.165) is 0 Å². The average Bonchev–Trinajstić information content (AvgIpc) is 2.68. The zero-order chi connectivity index (χ0) is 24.8. The van der Waals surface area contributed by atoms with Crippen LogP contribution in [-0.4, -0.2) is 14.9 Å². The highest BCUT2D eigenvalue weighted by molar-refractivity contribution is 6.77. The number of ether oxygens (including phenoxy) is 1. The third-order valence-corrected chi connectivity index (χ3v) is 13.2. The Morgan fingerprint density at radius 2 is 1.12 bits per heavy atom. The predicted molar refractivity (Wildman–Crippen MR) is 144 cm³/mol. The molecule has 0 aliphatic rings. The Morgan fingerprint density at radius 1 is 0.688 bits per heavy atom. The topological polar surface area (TPSA) is 18.5 Å². The van der Waals surface area contributed by atoms with E-state index in [2.05, 4.69) is 108 Å². The molecule has 1 aromatic rings. The average molecular weight is 461 g/mol. The molecule has 1 atom stereocenters. The van der Waals surface area contributed by atoms with Crippen LogP contribution in [0.3, 0.4) is 0 Å². The lowest BCUT2D eigenvalue weighted by molar-refractivity contribution is 0.159. The van der Waals surface area contributed by atoms with Gasteiger partial charge in [-0.2, -0.15) is 0 Å². The molecule has 0 spiro atoms. The number of hydrogen-bond acceptors (Lipinski definition) is 2. The summed E-state index contributed by atoms with van der Waals surface area (Å²) in [5, 5.41) is 0. The molecule has 0 aromatic heterocycles. The second kappa shape index (κ2) is 12.4. The summed E-state index contributed by atoms with van der Waals surface area (Å²) in [5.41, 5.74) is 7.41. The minimum Gasteiger partial charge on any atom is -0.494 e. The molecule has 0 fully saturated rings. The molecular formula is C29H52O2Si. The third kappa shape index (κ3) is 6.73. The van der Waals surface area contributed by atoms with Gasteiger partial charge in [0.05, 0.1) is 12.9 Å². The maximum atomic E-state index is 6.64. The first kappa shape index (κ1) is 29.0. The van der Waals surface area contributed by atoms with Crippen LogP contribution in [0.1, 0.15) is 136 Å². The summed E-state index contributed by atoms with van der Waals surface area (Å²) in [4.78, 5) is 0. The molecule has 0 N–H and O–H groups in total. The summed E-state index contributed by atoms with van der Waals surface area (Å²) < 4.78 is 12.9. The summed E-state index contributed by atoms with van der Waals surface area (Å²) in [6.07, 6.45) is 3.96. The van der Waals surface area contributed by atoms with Crippen LogP contribution in [0, 0.1) is 0 Å². The van der Waals surface area contributed by atoms with E-state index in [1.165, 1.54) is 22.3 Å². The summed E-state index contributed by atoms with van der Waals surface area (Å²) >= 11 is 0. The second-order valence-corrected chi connectivity index (χ2v) is 16.8. The largest absolute Gasteiger partial charge is 0.494 e. The molecule has 0 aliphatic carbocycles. The van der Waals surface area contributed by atoms with Crippen molar-refractivity contribution in [1.29, 1.82) is 0 Å². The minimum atomic E-state index is -1.84. The van der Waals surface area contributed by atoms with Crippen LogP contribution in [0.15, 0.2) is 24.5 Å². The van der Waals surface area contributed by atoms with E-state index in [9.17, 15) is 0 Å². The van der Waals surface area contributed by atoms with E-state index in [1.807, 2.05) is 6.26 Å². The van der Waals surface area contributed by atoms with Gasteiger partial charge in [0.2, 0.25) is 8.32 Å². The van der Waals surface area contributed by atoms with Crippen LogP contribution in [0.25, 0.3) is 0 Å². The maximum Gasteiger partial charge on any atom is 0.200 e. The van der Waals surface area contributed by atoms with Crippen LogP contribution < -0.4 is 0 Å². The highest BCUT2D eigenvalue weighted by Crippen LogP contribution is 2.42.